The number of amides is 1. The van der Waals surface area contributed by atoms with Gasteiger partial charge in [-0.05, 0) is 73.9 Å². The summed E-state index contributed by atoms with van der Waals surface area (Å²) in [4.78, 5) is 13.7. The van der Waals surface area contributed by atoms with E-state index in [1.54, 1.807) is 16.4 Å². The maximum atomic E-state index is 13.7. The summed E-state index contributed by atoms with van der Waals surface area (Å²) in [5, 5.41) is 21.2. The molecule has 1 aliphatic heterocycles. The number of fused-ring (bicyclic) bond motifs is 1. The third-order valence-electron chi connectivity index (χ3n) is 7.98. The molecule has 9 heteroatoms. The lowest BCUT2D eigenvalue weighted by Gasteiger charge is -2.47. The lowest BCUT2D eigenvalue weighted by atomic mass is 10.00. The Balaban J connectivity index is 1.33. The van der Waals surface area contributed by atoms with Crippen molar-refractivity contribution in [1.29, 1.82) is 0 Å². The van der Waals surface area contributed by atoms with Gasteiger partial charge in [0.1, 0.15) is 0 Å². The molecule has 0 saturated carbocycles. The Morgan fingerprint density at radius 3 is 2.39 bits per heavy atom. The van der Waals surface area contributed by atoms with Crippen molar-refractivity contribution >= 4 is 28.1 Å². The highest BCUT2D eigenvalue weighted by molar-refractivity contribution is 8.25. The van der Waals surface area contributed by atoms with Crippen LogP contribution in [0.15, 0.2) is 72.8 Å². The average molecular weight is 579 g/mol. The van der Waals surface area contributed by atoms with E-state index < -0.39 is 22.9 Å². The van der Waals surface area contributed by atoms with Crippen molar-refractivity contribution in [2.75, 3.05) is 35.0 Å². The van der Waals surface area contributed by atoms with Crippen LogP contribution in [0.3, 0.4) is 0 Å². The van der Waals surface area contributed by atoms with Gasteiger partial charge in [0, 0.05) is 36.9 Å². The summed E-state index contributed by atoms with van der Waals surface area (Å²) in [5.41, 5.74) is 5.46. The number of rotatable bonds is 11. The predicted molar refractivity (Wildman–Crippen MR) is 168 cm³/mol. The molecule has 41 heavy (non-hydrogen) atoms. The van der Waals surface area contributed by atoms with Gasteiger partial charge in [0.05, 0.1) is 23.6 Å². The van der Waals surface area contributed by atoms with Crippen LogP contribution in [-0.2, 0) is 19.3 Å². The summed E-state index contributed by atoms with van der Waals surface area (Å²) in [7, 11) is -2.94. The Kier molecular flexibility index (Phi) is 9.52. The van der Waals surface area contributed by atoms with E-state index >= 15 is 0 Å². The average Bonchev–Trinajstić information content (AvgIpc) is 3.39. The van der Waals surface area contributed by atoms with Crippen LogP contribution in [-0.4, -0.2) is 63.7 Å². The molecule has 0 aromatic heterocycles. The number of nitrogens with zero attached hydrogens (tertiary/aromatic N) is 1. The summed E-state index contributed by atoms with van der Waals surface area (Å²) < 4.78 is 23.1. The molecule has 1 fully saturated rings. The first-order chi connectivity index (χ1) is 19.8. The largest absolute Gasteiger partial charge is 0.390 e. The maximum absolute atomic E-state index is 13.7. The summed E-state index contributed by atoms with van der Waals surface area (Å²) in [6, 6.07) is 23.4. The van der Waals surface area contributed by atoms with Crippen LogP contribution >= 0.6 is 10.8 Å². The minimum absolute atomic E-state index is 0.249. The van der Waals surface area contributed by atoms with Crippen molar-refractivity contribution in [2.45, 2.75) is 57.2 Å². The smallest absolute Gasteiger partial charge is 0.251 e. The van der Waals surface area contributed by atoms with Gasteiger partial charge in [-0.3, -0.25) is 18.2 Å². The Morgan fingerprint density at radius 1 is 1.00 bits per heavy atom. The molecule has 0 unspecified atom stereocenters. The molecule has 5 rings (SSSR count). The highest BCUT2D eigenvalue weighted by Crippen LogP contribution is 2.50. The van der Waals surface area contributed by atoms with Gasteiger partial charge in [0.2, 0.25) is 0 Å². The Bertz CT molecular complexity index is 1300. The number of carbonyl (C=O) groups is 1. The minimum Gasteiger partial charge on any atom is -0.390 e. The van der Waals surface area contributed by atoms with E-state index in [4.69, 9.17) is 0 Å². The van der Waals surface area contributed by atoms with Gasteiger partial charge in [-0.2, -0.15) is 0 Å². The topological polar surface area (TPSA) is 117 Å². The number of carbonyl (C=O) groups excluding carboxylic acids is 1. The van der Waals surface area contributed by atoms with Crippen molar-refractivity contribution in [3.05, 3.63) is 95.1 Å². The first kappa shape index (κ1) is 29.4. The molecule has 220 valence electrons. The van der Waals surface area contributed by atoms with Gasteiger partial charge in [-0.25, -0.2) is 0 Å². The molecule has 0 spiro atoms. The fraction of sp³-hybridized carbons (Fsp3) is 0.406. The number of anilines is 2. The normalized spacial score (nSPS) is 18.8. The van der Waals surface area contributed by atoms with Gasteiger partial charge in [-0.15, -0.1) is 10.8 Å². The number of nitrogens with one attached hydrogen (secondary N) is 3. The first-order valence-corrected chi connectivity index (χ1v) is 16.2. The van der Waals surface area contributed by atoms with Crippen LogP contribution in [0.5, 0.6) is 0 Å². The van der Waals surface area contributed by atoms with Crippen LogP contribution in [0.1, 0.15) is 46.8 Å². The molecule has 6 N–H and O–H groups in total. The molecule has 1 aliphatic carbocycles. The van der Waals surface area contributed by atoms with Crippen LogP contribution in [0.4, 0.5) is 11.4 Å². The Labute approximate surface area is 244 Å². The van der Waals surface area contributed by atoms with E-state index in [0.717, 1.165) is 36.9 Å². The fourth-order valence-electron chi connectivity index (χ4n) is 5.83. The standard InChI is InChI=1S/C32H42N4O4S/c1-2-33-28-19-26(20-29(21-28)36-14-8-9-15-41(36,39)40)32(38)35-30(16-23-10-4-3-5-11-23)31(37)22-34-27-17-24-12-6-7-13-25(24)18-27/h3-7,10-13,19-21,27,30-31,33-34,37,39-40H,2,8-9,14-18,22H2,1H3,(H,35,38)/t30-,31+/m0/s1. The third-order valence-corrected chi connectivity index (χ3v) is 9.91. The molecule has 2 aliphatic rings. The quantitative estimate of drug-likeness (QED) is 0.193. The summed E-state index contributed by atoms with van der Waals surface area (Å²) in [6.45, 7) is 3.51. The molecular formula is C32H42N4O4S. The molecule has 1 saturated heterocycles. The fourth-order valence-corrected chi connectivity index (χ4v) is 7.51. The zero-order chi connectivity index (χ0) is 28.8. The van der Waals surface area contributed by atoms with Crippen molar-refractivity contribution in [3.8, 4) is 0 Å². The van der Waals surface area contributed by atoms with Crippen LogP contribution in [0.2, 0.25) is 0 Å². The van der Waals surface area contributed by atoms with Crippen molar-refractivity contribution in [1.82, 2.24) is 10.6 Å². The van der Waals surface area contributed by atoms with Gasteiger partial charge < -0.3 is 21.1 Å². The van der Waals surface area contributed by atoms with Crippen LogP contribution in [0.25, 0.3) is 0 Å². The second-order valence-corrected chi connectivity index (χ2v) is 13.2. The summed E-state index contributed by atoms with van der Waals surface area (Å²) >= 11 is 0. The highest BCUT2D eigenvalue weighted by atomic mass is 32.3. The van der Waals surface area contributed by atoms with E-state index in [1.807, 2.05) is 43.3 Å². The van der Waals surface area contributed by atoms with Crippen molar-refractivity contribution in [2.24, 2.45) is 0 Å². The minimum atomic E-state index is -2.94. The zero-order valence-corrected chi connectivity index (χ0v) is 24.4. The van der Waals surface area contributed by atoms with Gasteiger partial charge in [0.15, 0.2) is 0 Å². The lowest BCUT2D eigenvalue weighted by Crippen LogP contribution is -2.50. The molecule has 0 radical (unpaired) electrons. The van der Waals surface area contributed by atoms with Gasteiger partial charge in [-0.1, -0.05) is 54.6 Å². The molecular weight excluding hydrogens is 536 g/mol. The van der Waals surface area contributed by atoms with E-state index in [9.17, 15) is 19.0 Å². The zero-order valence-electron chi connectivity index (χ0n) is 23.6. The number of hydrogen-bond acceptors (Lipinski definition) is 7. The molecule has 2 atom stereocenters. The summed E-state index contributed by atoms with van der Waals surface area (Å²) in [5.74, 6) is 0.0115. The van der Waals surface area contributed by atoms with E-state index in [1.165, 1.54) is 11.1 Å². The Morgan fingerprint density at radius 2 is 1.71 bits per heavy atom. The molecule has 8 nitrogen and oxygen atoms in total. The van der Waals surface area contributed by atoms with E-state index in [0.29, 0.717) is 43.1 Å². The number of aliphatic hydroxyl groups is 1. The number of aliphatic hydroxyl groups excluding tert-OH is 1. The Hall–Kier alpha value is -3.08. The second-order valence-electron chi connectivity index (χ2n) is 11.1. The lowest BCUT2D eigenvalue weighted by molar-refractivity contribution is 0.0825. The molecule has 1 amide bonds. The molecule has 0 bridgehead atoms. The van der Waals surface area contributed by atoms with Crippen molar-refractivity contribution in [3.63, 3.8) is 0 Å². The van der Waals surface area contributed by atoms with Crippen LogP contribution < -0.4 is 20.3 Å². The monoisotopic (exact) mass is 578 g/mol. The molecule has 1 heterocycles. The highest BCUT2D eigenvalue weighted by Gasteiger charge is 2.29. The second kappa shape index (κ2) is 13.3. The number of hydrogen-bond donors (Lipinski definition) is 6. The van der Waals surface area contributed by atoms with Gasteiger partial charge in [0.25, 0.3) is 5.91 Å². The predicted octanol–water partition coefficient (Wildman–Crippen LogP) is 4.84. The third kappa shape index (κ3) is 7.42. The van der Waals surface area contributed by atoms with Crippen molar-refractivity contribution < 1.29 is 19.0 Å². The van der Waals surface area contributed by atoms with Crippen LogP contribution in [0, 0.1) is 0 Å². The van der Waals surface area contributed by atoms with E-state index in [-0.39, 0.29) is 11.9 Å². The van der Waals surface area contributed by atoms with E-state index in [2.05, 4.69) is 40.2 Å². The molecule has 3 aromatic carbocycles. The first-order valence-electron chi connectivity index (χ1n) is 14.6. The molecule has 3 aromatic rings. The van der Waals surface area contributed by atoms with Gasteiger partial charge >= 0.3 is 0 Å². The maximum Gasteiger partial charge on any atom is 0.251 e. The number of benzene rings is 3. The SMILES string of the molecule is CCNc1cc(C(=O)N[C@@H](Cc2ccccc2)[C@H](O)CNC2Cc3ccccc3C2)cc(N2CCCCS2(O)O)c1. The summed E-state index contributed by atoms with van der Waals surface area (Å²) in [6.07, 6.45) is 3.13.